The van der Waals surface area contributed by atoms with Crippen LogP contribution >= 0.6 is 0 Å². The summed E-state index contributed by atoms with van der Waals surface area (Å²) in [6.45, 7) is 16.3. The number of furan rings is 1. The molecule has 1 unspecified atom stereocenters. The standard InChI is InChI=1S/C20H28BN3O/c1-13-8-9-15-16-10-21(7)23(11-17(16)25-18(15)22-13)24-14(2)19(3,4)12-20(24,5)6/h8-11,14H,12H2,1-7H3. The molecule has 132 valence electrons. The van der Waals surface area contributed by atoms with Gasteiger partial charge in [-0.2, -0.15) is 0 Å². The first-order valence-corrected chi connectivity index (χ1v) is 9.28. The average Bonchev–Trinajstić information content (AvgIpc) is 2.89. The molecule has 0 saturated carbocycles. The van der Waals surface area contributed by atoms with E-state index >= 15 is 0 Å². The number of fused-ring (bicyclic) bond motifs is 3. The van der Waals surface area contributed by atoms with Gasteiger partial charge >= 0.3 is 0 Å². The topological polar surface area (TPSA) is 32.5 Å². The van der Waals surface area contributed by atoms with Gasteiger partial charge in [0.2, 0.25) is 5.71 Å². The molecule has 1 atom stereocenters. The van der Waals surface area contributed by atoms with Crippen molar-refractivity contribution < 1.29 is 4.42 Å². The number of hydrazine groups is 1. The molecule has 2 aliphatic rings. The molecule has 0 aliphatic carbocycles. The van der Waals surface area contributed by atoms with Gasteiger partial charge in [-0.3, -0.25) is 0 Å². The van der Waals surface area contributed by atoms with E-state index < -0.39 is 0 Å². The molecule has 0 bridgehead atoms. The van der Waals surface area contributed by atoms with Crippen molar-refractivity contribution in [3.05, 3.63) is 28.5 Å². The minimum Gasteiger partial charge on any atom is -0.436 e. The second kappa shape index (κ2) is 5.13. The van der Waals surface area contributed by atoms with Crippen LogP contribution in [0.3, 0.4) is 0 Å². The van der Waals surface area contributed by atoms with E-state index in [-0.39, 0.29) is 17.8 Å². The summed E-state index contributed by atoms with van der Waals surface area (Å²) in [7, 11) is 0. The summed E-state index contributed by atoms with van der Waals surface area (Å²) >= 11 is 0. The van der Waals surface area contributed by atoms with Gasteiger partial charge in [0.15, 0.2) is 5.42 Å². The van der Waals surface area contributed by atoms with Crippen LogP contribution < -0.4 is 10.6 Å². The first-order chi connectivity index (χ1) is 11.6. The third-order valence-corrected chi connectivity index (χ3v) is 6.09. The van der Waals surface area contributed by atoms with E-state index in [1.807, 2.05) is 6.92 Å². The molecule has 0 amide bonds. The zero-order valence-electron chi connectivity index (χ0n) is 16.4. The first-order valence-electron chi connectivity index (χ1n) is 9.28. The van der Waals surface area contributed by atoms with Gasteiger partial charge in [0, 0.05) is 34.1 Å². The van der Waals surface area contributed by atoms with Crippen LogP contribution in [-0.4, -0.2) is 33.3 Å². The van der Waals surface area contributed by atoms with E-state index in [0.29, 0.717) is 6.04 Å². The lowest BCUT2D eigenvalue weighted by Gasteiger charge is -2.45. The highest BCUT2D eigenvalue weighted by atomic mass is 16.3. The fourth-order valence-corrected chi connectivity index (χ4v) is 4.90. The Hall–Kier alpha value is -1.75. The molecule has 1 saturated heterocycles. The molecular formula is C20H28BN3O. The fourth-order valence-electron chi connectivity index (χ4n) is 4.90. The van der Waals surface area contributed by atoms with Gasteiger partial charge in [-0.05, 0) is 51.7 Å². The van der Waals surface area contributed by atoms with E-state index in [1.54, 1.807) is 0 Å². The van der Waals surface area contributed by atoms with Gasteiger partial charge in [0.1, 0.15) is 0 Å². The Labute approximate surface area is 150 Å². The Morgan fingerprint density at radius 1 is 1.24 bits per heavy atom. The number of pyridine rings is 1. The lowest BCUT2D eigenvalue weighted by atomic mass is 9.62. The minimum absolute atomic E-state index is 0.111. The molecule has 1 fully saturated rings. The maximum absolute atomic E-state index is 6.10. The summed E-state index contributed by atoms with van der Waals surface area (Å²) in [5.41, 5.74) is 3.03. The van der Waals surface area contributed by atoms with E-state index in [4.69, 9.17) is 4.42 Å². The highest BCUT2D eigenvalue weighted by Gasteiger charge is 2.51. The quantitative estimate of drug-likeness (QED) is 0.749. The molecule has 4 rings (SSSR count). The maximum Gasteiger partial charge on any atom is 0.296 e. The molecule has 25 heavy (non-hydrogen) atoms. The Kier molecular flexibility index (Phi) is 3.43. The summed E-state index contributed by atoms with van der Waals surface area (Å²) in [6, 6.07) is 4.64. The molecule has 5 heteroatoms. The fraction of sp³-hybridized carbons (Fsp3) is 0.550. The monoisotopic (exact) mass is 337 g/mol. The number of hydrogen-bond acceptors (Lipinski definition) is 4. The summed E-state index contributed by atoms with van der Waals surface area (Å²) in [5.74, 6) is 2.31. The van der Waals surface area contributed by atoms with Gasteiger partial charge in [-0.1, -0.05) is 26.6 Å². The van der Waals surface area contributed by atoms with Crippen LogP contribution in [0.4, 0.5) is 0 Å². The van der Waals surface area contributed by atoms with E-state index in [0.717, 1.165) is 22.2 Å². The van der Waals surface area contributed by atoms with Crippen molar-refractivity contribution in [3.63, 3.8) is 0 Å². The summed E-state index contributed by atoms with van der Waals surface area (Å²) < 4.78 is 6.10. The van der Waals surface area contributed by atoms with Crippen molar-refractivity contribution in [1.29, 1.82) is 0 Å². The smallest absolute Gasteiger partial charge is 0.296 e. The third-order valence-electron chi connectivity index (χ3n) is 6.09. The Bertz CT molecular complexity index is 959. The lowest BCUT2D eigenvalue weighted by Crippen LogP contribution is -2.58. The molecule has 0 spiro atoms. The molecule has 0 aromatic carbocycles. The van der Waals surface area contributed by atoms with Crippen LogP contribution in [0.25, 0.3) is 23.3 Å². The Balaban J connectivity index is 1.86. The van der Waals surface area contributed by atoms with Crippen LogP contribution in [0.15, 0.2) is 16.5 Å². The molecule has 4 heterocycles. The Morgan fingerprint density at radius 3 is 2.60 bits per heavy atom. The maximum atomic E-state index is 6.10. The first kappa shape index (κ1) is 16.7. The average molecular weight is 337 g/mol. The normalized spacial score (nSPS) is 25.0. The van der Waals surface area contributed by atoms with Crippen LogP contribution in [0.2, 0.25) is 6.82 Å². The molecule has 4 nitrogen and oxygen atoms in total. The predicted octanol–water partition coefficient (Wildman–Crippen LogP) is 2.94. The van der Waals surface area contributed by atoms with E-state index in [1.165, 1.54) is 11.6 Å². The van der Waals surface area contributed by atoms with Crippen molar-refractivity contribution in [2.45, 2.75) is 66.4 Å². The Morgan fingerprint density at radius 2 is 1.96 bits per heavy atom. The molecule has 0 radical (unpaired) electrons. The number of nitrogens with zero attached hydrogens (tertiary/aromatic N) is 3. The van der Waals surface area contributed by atoms with Crippen molar-refractivity contribution in [1.82, 2.24) is 14.9 Å². The third kappa shape index (κ3) is 2.43. The SMILES string of the molecule is CB1C=c2c(oc3nc(C)ccc23)=CN1N1C(C)C(C)(C)CC1(C)C. The zero-order chi connectivity index (χ0) is 18.1. The van der Waals surface area contributed by atoms with Crippen LogP contribution in [0, 0.1) is 12.3 Å². The van der Waals surface area contributed by atoms with Gasteiger partial charge < -0.3 is 9.34 Å². The second-order valence-corrected chi connectivity index (χ2v) is 9.10. The number of aromatic nitrogens is 1. The second-order valence-electron chi connectivity index (χ2n) is 9.10. The van der Waals surface area contributed by atoms with Gasteiger partial charge in [-0.15, -0.1) is 0 Å². The van der Waals surface area contributed by atoms with E-state index in [2.05, 4.69) is 80.7 Å². The van der Waals surface area contributed by atoms with Gasteiger partial charge in [0.25, 0.3) is 6.85 Å². The van der Waals surface area contributed by atoms with Crippen LogP contribution in [0.1, 0.15) is 46.7 Å². The molecule has 2 aliphatic heterocycles. The molecular weight excluding hydrogens is 309 g/mol. The molecule has 2 aromatic heterocycles. The van der Waals surface area contributed by atoms with E-state index in [9.17, 15) is 0 Å². The van der Waals surface area contributed by atoms with Gasteiger partial charge in [0.05, 0.1) is 0 Å². The van der Waals surface area contributed by atoms with Crippen molar-refractivity contribution in [2.24, 2.45) is 5.41 Å². The van der Waals surface area contributed by atoms with Crippen molar-refractivity contribution in [2.75, 3.05) is 0 Å². The molecule has 2 aromatic rings. The zero-order valence-corrected chi connectivity index (χ0v) is 16.4. The number of rotatable bonds is 1. The number of hydrogen-bond donors (Lipinski definition) is 0. The van der Waals surface area contributed by atoms with Crippen molar-refractivity contribution >= 4 is 30.1 Å². The highest BCUT2D eigenvalue weighted by Crippen LogP contribution is 2.47. The minimum atomic E-state index is 0.111. The summed E-state index contributed by atoms with van der Waals surface area (Å²) in [5, 5.41) is 4.83. The highest BCUT2D eigenvalue weighted by molar-refractivity contribution is 6.70. The van der Waals surface area contributed by atoms with Crippen LogP contribution in [0.5, 0.6) is 0 Å². The lowest BCUT2D eigenvalue weighted by molar-refractivity contribution is 0.00194. The number of aryl methyl sites for hydroxylation is 1. The van der Waals surface area contributed by atoms with Crippen LogP contribution in [-0.2, 0) is 0 Å². The molecule has 0 N–H and O–H groups in total. The summed E-state index contributed by atoms with van der Waals surface area (Å²) in [6.07, 6.45) is 3.35. The predicted molar refractivity (Wildman–Crippen MR) is 104 cm³/mol. The summed E-state index contributed by atoms with van der Waals surface area (Å²) in [4.78, 5) is 6.93. The largest absolute Gasteiger partial charge is 0.436 e. The van der Waals surface area contributed by atoms with Gasteiger partial charge in [-0.25, -0.2) is 9.99 Å². The van der Waals surface area contributed by atoms with Crippen molar-refractivity contribution in [3.8, 4) is 0 Å².